The Balaban J connectivity index is 2.20. The van der Waals surface area contributed by atoms with Crippen LogP contribution in [0, 0.1) is 0 Å². The number of methoxy groups -OCH3 is 1. The molecule has 0 aliphatic carbocycles. The van der Waals surface area contributed by atoms with E-state index in [0.717, 1.165) is 0 Å². The minimum absolute atomic E-state index is 0.125. The van der Waals surface area contributed by atoms with Gasteiger partial charge in [-0.25, -0.2) is 9.97 Å². The van der Waals surface area contributed by atoms with Crippen molar-refractivity contribution in [2.45, 2.75) is 6.42 Å². The second-order valence-corrected chi connectivity index (χ2v) is 4.62. The van der Waals surface area contributed by atoms with Gasteiger partial charge in [0, 0.05) is 16.7 Å². The molecule has 19 heavy (non-hydrogen) atoms. The molecule has 0 bridgehead atoms. The molecule has 0 N–H and O–H groups in total. The van der Waals surface area contributed by atoms with Gasteiger partial charge >= 0.3 is 0 Å². The number of carbonyl (C=O) groups is 1. The number of Topliss-reactive ketones (excluding diaryl/α,β-unsaturated/α-hetero) is 1. The van der Waals surface area contributed by atoms with Crippen LogP contribution in [0.1, 0.15) is 16.1 Å². The standard InChI is InChI=1S/C13H10Cl2N2O2/c1-19-13-6-9(16-7-17-13)5-12(18)10-3-2-8(14)4-11(10)15/h2-4,6-7H,5H2,1H3. The molecule has 0 saturated heterocycles. The SMILES string of the molecule is COc1cc(CC(=O)c2ccc(Cl)cc2Cl)ncn1. The number of aromatic nitrogens is 2. The minimum atomic E-state index is -0.137. The highest BCUT2D eigenvalue weighted by molar-refractivity contribution is 6.36. The molecule has 0 radical (unpaired) electrons. The lowest BCUT2D eigenvalue weighted by Crippen LogP contribution is -2.06. The van der Waals surface area contributed by atoms with Crippen LogP contribution in [-0.2, 0) is 6.42 Å². The molecule has 0 spiro atoms. The maximum Gasteiger partial charge on any atom is 0.216 e. The molecular weight excluding hydrogens is 287 g/mol. The quantitative estimate of drug-likeness (QED) is 0.813. The Morgan fingerprint density at radius 2 is 2.05 bits per heavy atom. The van der Waals surface area contributed by atoms with E-state index in [4.69, 9.17) is 27.9 Å². The second kappa shape index (κ2) is 5.99. The molecular formula is C13H10Cl2N2O2. The first kappa shape index (κ1) is 13.8. The zero-order valence-electron chi connectivity index (χ0n) is 10.1. The highest BCUT2D eigenvalue weighted by atomic mass is 35.5. The Morgan fingerprint density at radius 3 is 2.74 bits per heavy atom. The molecule has 0 fully saturated rings. The molecule has 0 atom stereocenters. The van der Waals surface area contributed by atoms with Gasteiger partial charge in [0.1, 0.15) is 6.33 Å². The van der Waals surface area contributed by atoms with Gasteiger partial charge in [-0.15, -0.1) is 0 Å². The van der Waals surface area contributed by atoms with Crippen molar-refractivity contribution in [2.75, 3.05) is 7.11 Å². The van der Waals surface area contributed by atoms with Gasteiger partial charge in [-0.2, -0.15) is 0 Å². The first-order valence-electron chi connectivity index (χ1n) is 5.43. The normalized spacial score (nSPS) is 10.3. The average Bonchev–Trinajstić information content (AvgIpc) is 2.38. The van der Waals surface area contributed by atoms with Crippen LogP contribution < -0.4 is 4.74 Å². The van der Waals surface area contributed by atoms with Crippen molar-refractivity contribution in [1.82, 2.24) is 9.97 Å². The molecule has 2 rings (SSSR count). The van der Waals surface area contributed by atoms with Crippen LogP contribution in [0.15, 0.2) is 30.6 Å². The Kier molecular flexibility index (Phi) is 4.35. The van der Waals surface area contributed by atoms with E-state index in [9.17, 15) is 4.79 Å². The fourth-order valence-corrected chi connectivity index (χ4v) is 2.07. The first-order chi connectivity index (χ1) is 9.10. The van der Waals surface area contributed by atoms with Gasteiger partial charge in [0.25, 0.3) is 0 Å². The highest BCUT2D eigenvalue weighted by Crippen LogP contribution is 2.22. The van der Waals surface area contributed by atoms with E-state index in [2.05, 4.69) is 9.97 Å². The van der Waals surface area contributed by atoms with E-state index in [1.54, 1.807) is 18.2 Å². The van der Waals surface area contributed by atoms with Gasteiger partial charge in [-0.05, 0) is 18.2 Å². The van der Waals surface area contributed by atoms with Gasteiger partial charge in [0.05, 0.1) is 24.2 Å². The highest BCUT2D eigenvalue weighted by Gasteiger charge is 2.13. The van der Waals surface area contributed by atoms with Crippen LogP contribution >= 0.6 is 23.2 Å². The van der Waals surface area contributed by atoms with Crippen LogP contribution in [0.5, 0.6) is 5.88 Å². The summed E-state index contributed by atoms with van der Waals surface area (Å²) in [4.78, 5) is 20.0. The van der Waals surface area contributed by atoms with Crippen molar-refractivity contribution in [3.63, 3.8) is 0 Å². The Hall–Kier alpha value is -1.65. The number of rotatable bonds is 4. The van der Waals surface area contributed by atoms with Crippen molar-refractivity contribution < 1.29 is 9.53 Å². The lowest BCUT2D eigenvalue weighted by Gasteiger charge is -2.04. The smallest absolute Gasteiger partial charge is 0.216 e. The van der Waals surface area contributed by atoms with Gasteiger partial charge in [-0.1, -0.05) is 23.2 Å². The lowest BCUT2D eigenvalue weighted by atomic mass is 10.1. The summed E-state index contributed by atoms with van der Waals surface area (Å²) in [7, 11) is 1.50. The van der Waals surface area contributed by atoms with Crippen molar-refractivity contribution in [3.8, 4) is 5.88 Å². The molecule has 0 aliphatic heterocycles. The fourth-order valence-electron chi connectivity index (χ4n) is 1.56. The number of ether oxygens (including phenoxy) is 1. The van der Waals surface area contributed by atoms with Crippen molar-refractivity contribution >= 4 is 29.0 Å². The minimum Gasteiger partial charge on any atom is -0.481 e. The summed E-state index contributed by atoms with van der Waals surface area (Å²) >= 11 is 11.8. The fraction of sp³-hybridized carbons (Fsp3) is 0.154. The van der Waals surface area contributed by atoms with E-state index >= 15 is 0 Å². The van der Waals surface area contributed by atoms with Crippen LogP contribution in [0.4, 0.5) is 0 Å². The summed E-state index contributed by atoms with van der Waals surface area (Å²) in [6, 6.07) is 6.38. The topological polar surface area (TPSA) is 52.1 Å². The summed E-state index contributed by atoms with van der Waals surface area (Å²) in [5.41, 5.74) is 0.992. The summed E-state index contributed by atoms with van der Waals surface area (Å²) in [6.07, 6.45) is 1.48. The Labute approximate surface area is 120 Å². The van der Waals surface area contributed by atoms with Crippen LogP contribution in [-0.4, -0.2) is 22.9 Å². The van der Waals surface area contributed by atoms with Crippen molar-refractivity contribution in [3.05, 3.63) is 51.9 Å². The number of benzene rings is 1. The largest absolute Gasteiger partial charge is 0.481 e. The summed E-state index contributed by atoms with van der Waals surface area (Å²) in [5.74, 6) is 0.280. The number of halogens is 2. The van der Waals surface area contributed by atoms with Crippen LogP contribution in [0.3, 0.4) is 0 Å². The third kappa shape index (κ3) is 3.43. The molecule has 0 aliphatic rings. The van der Waals surface area contributed by atoms with E-state index in [-0.39, 0.29) is 12.2 Å². The molecule has 6 heteroatoms. The lowest BCUT2D eigenvalue weighted by molar-refractivity contribution is 0.0992. The maximum atomic E-state index is 12.1. The predicted octanol–water partition coefficient (Wildman–Crippen LogP) is 3.22. The molecule has 4 nitrogen and oxygen atoms in total. The van der Waals surface area contributed by atoms with Gasteiger partial charge in [-0.3, -0.25) is 4.79 Å². The van der Waals surface area contributed by atoms with E-state index in [0.29, 0.717) is 27.2 Å². The van der Waals surface area contributed by atoms with Gasteiger partial charge in [0.2, 0.25) is 5.88 Å². The molecule has 2 aromatic rings. The zero-order valence-corrected chi connectivity index (χ0v) is 11.6. The summed E-state index contributed by atoms with van der Waals surface area (Å²) in [6.45, 7) is 0. The van der Waals surface area contributed by atoms with Crippen LogP contribution in [0.25, 0.3) is 0 Å². The second-order valence-electron chi connectivity index (χ2n) is 3.78. The molecule has 0 amide bonds. The first-order valence-corrected chi connectivity index (χ1v) is 6.19. The number of carbonyl (C=O) groups excluding carboxylic acids is 1. The third-order valence-corrected chi connectivity index (χ3v) is 3.03. The summed E-state index contributed by atoms with van der Waals surface area (Å²) < 4.78 is 4.98. The molecule has 0 saturated carbocycles. The monoisotopic (exact) mass is 296 g/mol. The average molecular weight is 297 g/mol. The van der Waals surface area contributed by atoms with E-state index in [1.165, 1.54) is 19.5 Å². The number of hydrogen-bond donors (Lipinski definition) is 0. The summed E-state index contributed by atoms with van der Waals surface area (Å²) in [5, 5.41) is 0.823. The van der Waals surface area contributed by atoms with Gasteiger partial charge in [0.15, 0.2) is 5.78 Å². The molecule has 1 aromatic carbocycles. The molecule has 1 heterocycles. The molecule has 98 valence electrons. The molecule has 1 aromatic heterocycles. The van der Waals surface area contributed by atoms with Crippen LogP contribution in [0.2, 0.25) is 10.0 Å². The maximum absolute atomic E-state index is 12.1. The van der Waals surface area contributed by atoms with E-state index in [1.807, 2.05) is 0 Å². The third-order valence-electron chi connectivity index (χ3n) is 2.48. The van der Waals surface area contributed by atoms with Gasteiger partial charge < -0.3 is 4.74 Å². The Morgan fingerprint density at radius 1 is 1.26 bits per heavy atom. The zero-order chi connectivity index (χ0) is 13.8. The van der Waals surface area contributed by atoms with Crippen molar-refractivity contribution in [2.24, 2.45) is 0 Å². The number of nitrogens with zero attached hydrogens (tertiary/aromatic N) is 2. The predicted molar refractivity (Wildman–Crippen MR) is 73.1 cm³/mol. The van der Waals surface area contributed by atoms with Crippen molar-refractivity contribution in [1.29, 1.82) is 0 Å². The number of ketones is 1. The van der Waals surface area contributed by atoms with E-state index < -0.39 is 0 Å². The Bertz CT molecular complexity index is 617. The molecule has 0 unspecified atom stereocenters. The number of hydrogen-bond acceptors (Lipinski definition) is 4.